The Bertz CT molecular complexity index is 263. The molecule has 2 fully saturated rings. The highest BCUT2D eigenvalue weighted by Crippen LogP contribution is 2.44. The minimum atomic E-state index is -0.358. The first kappa shape index (κ1) is 10.0. The lowest BCUT2D eigenvalue weighted by Crippen LogP contribution is -2.35. The Labute approximate surface area is 88.0 Å². The van der Waals surface area contributed by atoms with Gasteiger partial charge in [0.25, 0.3) is 5.91 Å². The molecule has 0 aromatic rings. The maximum absolute atomic E-state index is 11.5. The summed E-state index contributed by atoms with van der Waals surface area (Å²) in [5, 5.41) is 3.12. The van der Waals surface area contributed by atoms with Crippen LogP contribution in [0.4, 0.5) is 0 Å². The average Bonchev–Trinajstić information content (AvgIpc) is 2.99. The molecule has 0 bridgehead atoms. The monoisotopic (exact) mass is 213 g/mol. The van der Waals surface area contributed by atoms with E-state index in [1.54, 1.807) is 11.8 Å². The van der Waals surface area contributed by atoms with Crippen molar-refractivity contribution in [1.82, 2.24) is 5.32 Å². The van der Waals surface area contributed by atoms with Gasteiger partial charge in [0.1, 0.15) is 0 Å². The van der Waals surface area contributed by atoms with Crippen LogP contribution < -0.4 is 5.32 Å². The second kappa shape index (κ2) is 3.93. The van der Waals surface area contributed by atoms with Crippen molar-refractivity contribution in [1.29, 1.82) is 0 Å². The van der Waals surface area contributed by atoms with Gasteiger partial charge in [0.2, 0.25) is 5.78 Å². The van der Waals surface area contributed by atoms with E-state index in [-0.39, 0.29) is 16.9 Å². The Morgan fingerprint density at radius 3 is 2.71 bits per heavy atom. The Balaban J connectivity index is 1.75. The molecule has 2 unspecified atom stereocenters. The predicted octanol–water partition coefficient (Wildman–Crippen LogP) is 1.12. The summed E-state index contributed by atoms with van der Waals surface area (Å²) in [7, 11) is 0. The SMILES string of the molecule is CCCC1SC1C(=O)C(=O)NC1CC1. The number of hydrogen-bond donors (Lipinski definition) is 1. The fourth-order valence-electron chi connectivity index (χ4n) is 1.49. The van der Waals surface area contributed by atoms with E-state index in [1.165, 1.54) is 0 Å². The second-order valence-corrected chi connectivity index (χ2v) is 5.38. The van der Waals surface area contributed by atoms with Crippen LogP contribution in [0.15, 0.2) is 0 Å². The first-order valence-corrected chi connectivity index (χ1v) is 6.16. The van der Waals surface area contributed by atoms with E-state index >= 15 is 0 Å². The average molecular weight is 213 g/mol. The quantitative estimate of drug-likeness (QED) is 0.550. The largest absolute Gasteiger partial charge is 0.347 e. The van der Waals surface area contributed by atoms with Crippen LogP contribution in [0, 0.1) is 0 Å². The first-order valence-electron chi connectivity index (χ1n) is 5.22. The molecule has 3 nitrogen and oxygen atoms in total. The normalized spacial score (nSPS) is 29.8. The molecular weight excluding hydrogens is 198 g/mol. The topological polar surface area (TPSA) is 46.2 Å². The van der Waals surface area contributed by atoms with Gasteiger partial charge < -0.3 is 5.32 Å². The van der Waals surface area contributed by atoms with Crippen molar-refractivity contribution in [2.24, 2.45) is 0 Å². The summed E-state index contributed by atoms with van der Waals surface area (Å²) in [6.45, 7) is 2.10. The second-order valence-electron chi connectivity index (χ2n) is 4.00. The first-order chi connectivity index (χ1) is 6.72. The zero-order valence-electron chi connectivity index (χ0n) is 8.29. The van der Waals surface area contributed by atoms with Gasteiger partial charge in [-0.15, -0.1) is 11.8 Å². The third-order valence-corrected chi connectivity index (χ3v) is 3.93. The van der Waals surface area contributed by atoms with Crippen molar-refractivity contribution < 1.29 is 9.59 Å². The molecule has 14 heavy (non-hydrogen) atoms. The Morgan fingerprint density at radius 1 is 1.43 bits per heavy atom. The molecule has 0 aromatic carbocycles. The van der Waals surface area contributed by atoms with Gasteiger partial charge in [-0.3, -0.25) is 9.59 Å². The number of carbonyl (C=O) groups is 2. The molecule has 1 saturated carbocycles. The molecule has 2 atom stereocenters. The molecule has 1 amide bonds. The van der Waals surface area contributed by atoms with E-state index in [2.05, 4.69) is 12.2 Å². The molecule has 2 aliphatic rings. The number of ketones is 1. The summed E-state index contributed by atoms with van der Waals surface area (Å²) < 4.78 is 0. The van der Waals surface area contributed by atoms with Gasteiger partial charge >= 0.3 is 0 Å². The molecule has 0 radical (unpaired) electrons. The molecule has 0 aromatic heterocycles. The van der Waals surface area contributed by atoms with Crippen LogP contribution in [0.1, 0.15) is 32.6 Å². The highest BCUT2D eigenvalue weighted by Gasteiger charge is 2.46. The van der Waals surface area contributed by atoms with Crippen LogP contribution in [-0.2, 0) is 9.59 Å². The number of amides is 1. The van der Waals surface area contributed by atoms with Crippen molar-refractivity contribution in [3.63, 3.8) is 0 Å². The van der Waals surface area contributed by atoms with Crippen LogP contribution in [0.25, 0.3) is 0 Å². The van der Waals surface area contributed by atoms with Gasteiger partial charge in [-0.05, 0) is 19.3 Å². The predicted molar refractivity (Wildman–Crippen MR) is 56.2 cm³/mol. The molecule has 1 aliphatic carbocycles. The number of Topliss-reactive ketones (excluding diaryl/α,β-unsaturated/α-hetero) is 1. The van der Waals surface area contributed by atoms with Crippen molar-refractivity contribution in [2.75, 3.05) is 0 Å². The highest BCUT2D eigenvalue weighted by molar-refractivity contribution is 8.08. The van der Waals surface area contributed by atoms with E-state index in [0.717, 1.165) is 25.7 Å². The van der Waals surface area contributed by atoms with E-state index in [0.29, 0.717) is 11.3 Å². The Hall–Kier alpha value is -0.510. The lowest BCUT2D eigenvalue weighted by molar-refractivity contribution is -0.137. The Morgan fingerprint density at radius 2 is 2.14 bits per heavy atom. The standard InChI is InChI=1S/C10H15NO2S/c1-2-3-7-9(14-7)8(12)10(13)11-6-4-5-6/h6-7,9H,2-5H2,1H3,(H,11,13). The van der Waals surface area contributed by atoms with Gasteiger partial charge in [0.05, 0.1) is 5.25 Å². The van der Waals surface area contributed by atoms with Crippen molar-refractivity contribution in [3.05, 3.63) is 0 Å². The molecule has 1 N–H and O–H groups in total. The van der Waals surface area contributed by atoms with Crippen molar-refractivity contribution in [3.8, 4) is 0 Å². The zero-order chi connectivity index (χ0) is 10.1. The summed E-state index contributed by atoms with van der Waals surface area (Å²) >= 11 is 1.63. The van der Waals surface area contributed by atoms with Crippen LogP contribution in [0.2, 0.25) is 0 Å². The molecule has 1 aliphatic heterocycles. The van der Waals surface area contributed by atoms with Crippen LogP contribution in [0.5, 0.6) is 0 Å². The minimum absolute atomic E-state index is 0.0336. The lowest BCUT2D eigenvalue weighted by atomic mass is 10.1. The van der Waals surface area contributed by atoms with E-state index in [9.17, 15) is 9.59 Å². The van der Waals surface area contributed by atoms with E-state index in [1.807, 2.05) is 0 Å². The summed E-state index contributed by atoms with van der Waals surface area (Å²) in [6, 6.07) is 0.292. The third-order valence-electron chi connectivity index (χ3n) is 2.55. The summed E-state index contributed by atoms with van der Waals surface area (Å²) in [5.74, 6) is -0.566. The van der Waals surface area contributed by atoms with Crippen molar-refractivity contribution >= 4 is 23.5 Å². The van der Waals surface area contributed by atoms with Gasteiger partial charge in [-0.2, -0.15) is 0 Å². The van der Waals surface area contributed by atoms with Gasteiger partial charge in [-0.25, -0.2) is 0 Å². The molecule has 1 heterocycles. The summed E-state index contributed by atoms with van der Waals surface area (Å²) in [6.07, 6.45) is 4.22. The number of nitrogens with one attached hydrogen (secondary N) is 1. The molecular formula is C10H15NO2S. The van der Waals surface area contributed by atoms with Gasteiger partial charge in [0, 0.05) is 11.3 Å². The summed E-state index contributed by atoms with van der Waals surface area (Å²) in [4.78, 5) is 22.9. The molecule has 2 rings (SSSR count). The minimum Gasteiger partial charge on any atom is -0.347 e. The van der Waals surface area contributed by atoms with Crippen LogP contribution >= 0.6 is 11.8 Å². The Kier molecular flexibility index (Phi) is 2.81. The maximum Gasteiger partial charge on any atom is 0.288 e. The van der Waals surface area contributed by atoms with Gasteiger partial charge in [0.15, 0.2) is 0 Å². The number of carbonyl (C=O) groups excluding carboxylic acids is 2. The van der Waals surface area contributed by atoms with Gasteiger partial charge in [-0.1, -0.05) is 13.3 Å². The zero-order valence-corrected chi connectivity index (χ0v) is 9.10. The highest BCUT2D eigenvalue weighted by atomic mass is 32.2. The van der Waals surface area contributed by atoms with Crippen LogP contribution in [-0.4, -0.2) is 28.2 Å². The number of thioether (sulfide) groups is 1. The number of hydrogen-bond acceptors (Lipinski definition) is 3. The third kappa shape index (κ3) is 2.29. The van der Waals surface area contributed by atoms with E-state index < -0.39 is 0 Å². The molecule has 1 saturated heterocycles. The molecule has 78 valence electrons. The fraction of sp³-hybridized carbons (Fsp3) is 0.800. The van der Waals surface area contributed by atoms with E-state index in [4.69, 9.17) is 0 Å². The van der Waals surface area contributed by atoms with Crippen molar-refractivity contribution in [2.45, 2.75) is 49.1 Å². The lowest BCUT2D eigenvalue weighted by Gasteiger charge is -1.99. The molecule has 4 heteroatoms. The fourth-order valence-corrected chi connectivity index (χ4v) is 2.64. The summed E-state index contributed by atoms with van der Waals surface area (Å²) in [5.41, 5.74) is 0. The van der Waals surface area contributed by atoms with Crippen LogP contribution in [0.3, 0.4) is 0 Å². The molecule has 0 spiro atoms. The smallest absolute Gasteiger partial charge is 0.288 e. The number of rotatable bonds is 5. The maximum atomic E-state index is 11.5.